The second-order valence-corrected chi connectivity index (χ2v) is 5.41. The SMILES string of the molecule is O=C1C[C@@H](c2ccccc2F)c2cc3c(cc2N1)OCCO3. The largest absolute Gasteiger partial charge is 0.486 e. The molecule has 0 radical (unpaired) electrons. The Morgan fingerprint density at radius 3 is 2.55 bits per heavy atom. The van der Waals surface area contributed by atoms with Crippen LogP contribution in [0.3, 0.4) is 0 Å². The third kappa shape index (κ3) is 2.09. The van der Waals surface area contributed by atoms with Gasteiger partial charge in [0.25, 0.3) is 0 Å². The molecule has 0 saturated heterocycles. The molecule has 0 unspecified atom stereocenters. The van der Waals surface area contributed by atoms with Crippen LogP contribution < -0.4 is 14.8 Å². The molecule has 0 bridgehead atoms. The van der Waals surface area contributed by atoms with Crippen LogP contribution in [-0.2, 0) is 4.79 Å². The van der Waals surface area contributed by atoms with E-state index in [9.17, 15) is 9.18 Å². The molecule has 1 amide bonds. The first-order valence-electron chi connectivity index (χ1n) is 7.20. The number of hydrogen-bond donors (Lipinski definition) is 1. The Bertz CT molecular complexity index is 760. The molecule has 0 spiro atoms. The Morgan fingerprint density at radius 1 is 1.05 bits per heavy atom. The van der Waals surface area contributed by atoms with Gasteiger partial charge in [-0.05, 0) is 23.3 Å². The van der Waals surface area contributed by atoms with Crippen LogP contribution in [0.1, 0.15) is 23.5 Å². The van der Waals surface area contributed by atoms with Crippen LogP contribution in [0, 0.1) is 5.82 Å². The van der Waals surface area contributed by atoms with E-state index in [0.717, 1.165) is 5.56 Å². The standard InChI is InChI=1S/C17H14FNO3/c18-13-4-2-1-3-10(13)11-8-17(20)19-14-9-16-15(7-12(11)14)21-5-6-22-16/h1-4,7,9,11H,5-6,8H2,(H,19,20)/t11-/m0/s1. The van der Waals surface area contributed by atoms with Gasteiger partial charge >= 0.3 is 0 Å². The number of anilines is 1. The minimum absolute atomic E-state index is 0.127. The fourth-order valence-electron chi connectivity index (χ4n) is 3.03. The fraction of sp³-hybridized carbons (Fsp3) is 0.235. The normalized spacial score (nSPS) is 19.3. The molecule has 2 heterocycles. The average molecular weight is 299 g/mol. The van der Waals surface area contributed by atoms with Gasteiger partial charge in [-0.15, -0.1) is 0 Å². The topological polar surface area (TPSA) is 47.6 Å². The minimum atomic E-state index is -0.319. The summed E-state index contributed by atoms with van der Waals surface area (Å²) in [7, 11) is 0. The number of ether oxygens (including phenoxy) is 2. The Labute approximate surface area is 126 Å². The predicted molar refractivity (Wildman–Crippen MR) is 78.9 cm³/mol. The average Bonchev–Trinajstić information content (AvgIpc) is 2.53. The molecule has 0 fully saturated rings. The van der Waals surface area contributed by atoms with Gasteiger partial charge in [0.1, 0.15) is 19.0 Å². The van der Waals surface area contributed by atoms with Gasteiger partial charge < -0.3 is 14.8 Å². The van der Waals surface area contributed by atoms with Crippen LogP contribution in [-0.4, -0.2) is 19.1 Å². The van der Waals surface area contributed by atoms with Crippen molar-refractivity contribution in [1.29, 1.82) is 0 Å². The lowest BCUT2D eigenvalue weighted by atomic mass is 9.84. The predicted octanol–water partition coefficient (Wildman–Crippen LogP) is 3.07. The highest BCUT2D eigenvalue weighted by atomic mass is 19.1. The van der Waals surface area contributed by atoms with Crippen LogP contribution in [0.4, 0.5) is 10.1 Å². The molecule has 2 aromatic carbocycles. The van der Waals surface area contributed by atoms with Crippen LogP contribution in [0.5, 0.6) is 11.5 Å². The summed E-state index contributed by atoms with van der Waals surface area (Å²) in [6.07, 6.45) is 0.216. The lowest BCUT2D eigenvalue weighted by molar-refractivity contribution is -0.116. The molecule has 1 atom stereocenters. The maximum absolute atomic E-state index is 14.1. The molecule has 2 aliphatic heterocycles. The van der Waals surface area contributed by atoms with Crippen molar-refractivity contribution < 1.29 is 18.7 Å². The number of rotatable bonds is 1. The van der Waals surface area contributed by atoms with Gasteiger partial charge in [-0.2, -0.15) is 0 Å². The molecule has 0 aromatic heterocycles. The van der Waals surface area contributed by atoms with Crippen molar-refractivity contribution in [3.63, 3.8) is 0 Å². The maximum Gasteiger partial charge on any atom is 0.225 e. The first kappa shape index (κ1) is 13.1. The third-order valence-electron chi connectivity index (χ3n) is 4.03. The number of nitrogens with one attached hydrogen (secondary N) is 1. The number of carbonyl (C=O) groups excluding carboxylic acids is 1. The smallest absolute Gasteiger partial charge is 0.225 e. The van der Waals surface area contributed by atoms with Gasteiger partial charge in [-0.1, -0.05) is 18.2 Å². The Balaban J connectivity index is 1.86. The Kier molecular flexibility index (Phi) is 2.99. The van der Waals surface area contributed by atoms with Gasteiger partial charge in [0.15, 0.2) is 11.5 Å². The molecular weight excluding hydrogens is 285 g/mol. The zero-order valence-corrected chi connectivity index (χ0v) is 11.8. The van der Waals surface area contributed by atoms with Crippen molar-refractivity contribution in [2.45, 2.75) is 12.3 Å². The minimum Gasteiger partial charge on any atom is -0.486 e. The molecule has 0 aliphatic carbocycles. The van der Waals surface area contributed by atoms with E-state index >= 15 is 0 Å². The highest BCUT2D eigenvalue weighted by Crippen LogP contribution is 2.44. The van der Waals surface area contributed by atoms with Gasteiger partial charge in [0.05, 0.1) is 0 Å². The molecule has 22 heavy (non-hydrogen) atoms. The zero-order valence-electron chi connectivity index (χ0n) is 11.8. The molecule has 0 saturated carbocycles. The van der Waals surface area contributed by atoms with Crippen LogP contribution in [0.15, 0.2) is 36.4 Å². The van der Waals surface area contributed by atoms with E-state index in [1.54, 1.807) is 24.3 Å². The summed E-state index contributed by atoms with van der Waals surface area (Å²) in [6.45, 7) is 0.971. The van der Waals surface area contributed by atoms with Crippen molar-refractivity contribution in [2.75, 3.05) is 18.5 Å². The van der Waals surface area contributed by atoms with E-state index in [1.807, 2.05) is 6.07 Å². The quantitative estimate of drug-likeness (QED) is 0.880. The van der Waals surface area contributed by atoms with Crippen molar-refractivity contribution in [3.8, 4) is 11.5 Å². The highest BCUT2D eigenvalue weighted by Gasteiger charge is 2.30. The Hall–Kier alpha value is -2.56. The van der Waals surface area contributed by atoms with Gasteiger partial charge in [0.2, 0.25) is 5.91 Å². The summed E-state index contributed by atoms with van der Waals surface area (Å²) in [5.74, 6) is 0.503. The maximum atomic E-state index is 14.1. The van der Waals surface area contributed by atoms with Crippen molar-refractivity contribution in [1.82, 2.24) is 0 Å². The molecule has 2 aliphatic rings. The Morgan fingerprint density at radius 2 is 1.77 bits per heavy atom. The molecule has 5 heteroatoms. The van der Waals surface area contributed by atoms with Gasteiger partial charge in [0, 0.05) is 24.1 Å². The second-order valence-electron chi connectivity index (χ2n) is 5.41. The number of hydrogen-bond acceptors (Lipinski definition) is 3. The van der Waals surface area contributed by atoms with Crippen molar-refractivity contribution in [3.05, 3.63) is 53.3 Å². The molecular formula is C17H14FNO3. The van der Waals surface area contributed by atoms with Crippen molar-refractivity contribution >= 4 is 11.6 Å². The summed E-state index contributed by atoms with van der Waals surface area (Å²) < 4.78 is 25.3. The van der Waals surface area contributed by atoms with Crippen LogP contribution in [0.25, 0.3) is 0 Å². The van der Waals surface area contributed by atoms with Crippen molar-refractivity contribution in [2.24, 2.45) is 0 Å². The summed E-state index contributed by atoms with van der Waals surface area (Å²) in [5, 5.41) is 2.83. The summed E-state index contributed by atoms with van der Waals surface area (Å²) in [4.78, 5) is 12.0. The number of fused-ring (bicyclic) bond motifs is 2. The van der Waals surface area contributed by atoms with E-state index in [2.05, 4.69) is 5.32 Å². The summed E-state index contributed by atoms with van der Waals surface area (Å²) >= 11 is 0. The monoisotopic (exact) mass is 299 g/mol. The lowest BCUT2D eigenvalue weighted by Crippen LogP contribution is -2.25. The third-order valence-corrected chi connectivity index (χ3v) is 4.03. The number of carbonyl (C=O) groups is 1. The summed E-state index contributed by atoms with van der Waals surface area (Å²) in [6, 6.07) is 10.2. The second kappa shape index (κ2) is 5.02. The summed E-state index contributed by atoms with van der Waals surface area (Å²) in [5.41, 5.74) is 2.04. The lowest BCUT2D eigenvalue weighted by Gasteiger charge is -2.29. The fourth-order valence-corrected chi connectivity index (χ4v) is 3.03. The molecule has 4 rings (SSSR count). The number of benzene rings is 2. The molecule has 2 aromatic rings. The first-order valence-corrected chi connectivity index (χ1v) is 7.20. The van der Waals surface area contributed by atoms with E-state index in [1.165, 1.54) is 6.07 Å². The van der Waals surface area contributed by atoms with Crippen LogP contribution in [0.2, 0.25) is 0 Å². The number of amides is 1. The van der Waals surface area contributed by atoms with E-state index in [0.29, 0.717) is 36.0 Å². The molecule has 1 N–H and O–H groups in total. The van der Waals surface area contributed by atoms with Gasteiger partial charge in [-0.3, -0.25) is 4.79 Å². The number of halogens is 1. The zero-order chi connectivity index (χ0) is 15.1. The molecule has 4 nitrogen and oxygen atoms in total. The first-order chi connectivity index (χ1) is 10.7. The van der Waals surface area contributed by atoms with E-state index in [4.69, 9.17) is 9.47 Å². The van der Waals surface area contributed by atoms with Gasteiger partial charge in [-0.25, -0.2) is 4.39 Å². The van der Waals surface area contributed by atoms with Crippen LogP contribution >= 0.6 is 0 Å². The van der Waals surface area contributed by atoms with E-state index in [-0.39, 0.29) is 24.1 Å². The molecule has 112 valence electrons. The van der Waals surface area contributed by atoms with E-state index < -0.39 is 0 Å². The highest BCUT2D eigenvalue weighted by molar-refractivity contribution is 5.96.